The predicted molar refractivity (Wildman–Crippen MR) is 65.8 cm³/mol. The van der Waals surface area contributed by atoms with Gasteiger partial charge in [0.05, 0.1) is 0 Å². The van der Waals surface area contributed by atoms with Crippen LogP contribution in [-0.2, 0) is 4.79 Å². The Morgan fingerprint density at radius 2 is 2.13 bits per heavy atom. The lowest BCUT2D eigenvalue weighted by Crippen LogP contribution is -2.34. The molecule has 1 amide bonds. The maximum Gasteiger partial charge on any atom is 0.222 e. The van der Waals surface area contributed by atoms with E-state index >= 15 is 0 Å². The molecule has 0 unspecified atom stereocenters. The number of amides is 1. The van der Waals surface area contributed by atoms with Crippen LogP contribution in [0.2, 0.25) is 0 Å². The monoisotopic (exact) mass is 211 g/mol. The summed E-state index contributed by atoms with van der Waals surface area (Å²) in [5.74, 6) is 0.325. The third kappa shape index (κ3) is 5.60. The summed E-state index contributed by atoms with van der Waals surface area (Å²) in [6.07, 6.45) is 6.07. The minimum Gasteiger partial charge on any atom is -0.339 e. The van der Waals surface area contributed by atoms with Crippen molar-refractivity contribution < 1.29 is 4.79 Å². The molecule has 88 valence electrons. The Balaban J connectivity index is 0.000000921. The van der Waals surface area contributed by atoms with E-state index < -0.39 is 0 Å². The summed E-state index contributed by atoms with van der Waals surface area (Å²) in [5, 5.41) is 0. The van der Waals surface area contributed by atoms with E-state index in [-0.39, 0.29) is 0 Å². The van der Waals surface area contributed by atoms with E-state index in [0.717, 1.165) is 38.8 Å². The fraction of sp³-hybridized carbons (Fsp3) is 0.769. The van der Waals surface area contributed by atoms with Gasteiger partial charge in [0.2, 0.25) is 5.91 Å². The topological polar surface area (TPSA) is 20.3 Å². The zero-order valence-corrected chi connectivity index (χ0v) is 10.7. The number of nitrogens with zero attached hydrogens (tertiary/aromatic N) is 1. The molecule has 2 nitrogen and oxygen atoms in total. The third-order valence-corrected chi connectivity index (χ3v) is 2.53. The summed E-state index contributed by atoms with van der Waals surface area (Å²) in [4.78, 5) is 13.5. The molecule has 0 saturated carbocycles. The van der Waals surface area contributed by atoms with E-state index in [1.54, 1.807) is 0 Å². The number of carbonyl (C=O) groups excluding carboxylic acids is 1. The maximum atomic E-state index is 11.6. The van der Waals surface area contributed by atoms with Crippen LogP contribution in [0.25, 0.3) is 0 Å². The lowest BCUT2D eigenvalue weighted by Gasteiger charge is -2.25. The fourth-order valence-corrected chi connectivity index (χ4v) is 1.48. The van der Waals surface area contributed by atoms with Gasteiger partial charge in [-0.3, -0.25) is 4.79 Å². The largest absolute Gasteiger partial charge is 0.339 e. The van der Waals surface area contributed by atoms with Crippen LogP contribution in [0.4, 0.5) is 0 Å². The van der Waals surface area contributed by atoms with E-state index in [1.165, 1.54) is 5.57 Å². The van der Waals surface area contributed by atoms with Gasteiger partial charge in [-0.15, -0.1) is 0 Å². The molecular formula is C13H25NO. The molecule has 0 saturated heterocycles. The van der Waals surface area contributed by atoms with E-state index in [0.29, 0.717) is 5.91 Å². The zero-order chi connectivity index (χ0) is 11.7. The van der Waals surface area contributed by atoms with Crippen molar-refractivity contribution in [1.29, 1.82) is 0 Å². The van der Waals surface area contributed by atoms with E-state index in [2.05, 4.69) is 19.9 Å². The van der Waals surface area contributed by atoms with Gasteiger partial charge in [-0.05, 0) is 19.8 Å². The highest BCUT2D eigenvalue weighted by molar-refractivity contribution is 5.76. The number of hydrogen-bond acceptors (Lipinski definition) is 1. The third-order valence-electron chi connectivity index (χ3n) is 2.53. The van der Waals surface area contributed by atoms with Crippen LogP contribution in [0, 0.1) is 0 Å². The normalized spacial score (nSPS) is 15.2. The van der Waals surface area contributed by atoms with Gasteiger partial charge in [-0.1, -0.05) is 38.8 Å². The second-order valence-corrected chi connectivity index (χ2v) is 3.74. The molecule has 0 bridgehead atoms. The molecule has 0 radical (unpaired) electrons. The predicted octanol–water partition coefficient (Wildman–Crippen LogP) is 3.38. The van der Waals surface area contributed by atoms with Gasteiger partial charge in [0, 0.05) is 19.5 Å². The number of carbonyl (C=O) groups is 1. The molecule has 0 fully saturated rings. The summed E-state index contributed by atoms with van der Waals surface area (Å²) < 4.78 is 0. The standard InChI is InChI=1S/C11H19NO.C2H6/c1-3-4-5-11(13)12-8-6-10(2)7-9-12;1-2/h6H,3-5,7-9H2,1-2H3;1-2H3. The molecule has 0 spiro atoms. The van der Waals surface area contributed by atoms with Crippen molar-refractivity contribution >= 4 is 5.91 Å². The maximum absolute atomic E-state index is 11.6. The van der Waals surface area contributed by atoms with Gasteiger partial charge in [0.25, 0.3) is 0 Å². The Morgan fingerprint density at radius 1 is 1.47 bits per heavy atom. The molecule has 0 aliphatic carbocycles. The molecule has 2 heteroatoms. The Hall–Kier alpha value is -0.790. The number of unbranched alkanes of at least 4 members (excludes halogenated alkanes) is 1. The Labute approximate surface area is 94.4 Å². The van der Waals surface area contributed by atoms with Crippen molar-refractivity contribution in [3.05, 3.63) is 11.6 Å². The molecule has 15 heavy (non-hydrogen) atoms. The summed E-state index contributed by atoms with van der Waals surface area (Å²) in [7, 11) is 0. The Kier molecular flexibility index (Phi) is 8.06. The van der Waals surface area contributed by atoms with Crippen molar-refractivity contribution in [2.75, 3.05) is 13.1 Å². The summed E-state index contributed by atoms with van der Waals surface area (Å²) in [6.45, 7) is 10.0. The summed E-state index contributed by atoms with van der Waals surface area (Å²) in [6, 6.07) is 0. The molecule has 0 N–H and O–H groups in total. The lowest BCUT2D eigenvalue weighted by atomic mass is 10.1. The first-order valence-electron chi connectivity index (χ1n) is 6.17. The minimum absolute atomic E-state index is 0.325. The lowest BCUT2D eigenvalue weighted by molar-refractivity contribution is -0.131. The Morgan fingerprint density at radius 3 is 2.60 bits per heavy atom. The van der Waals surface area contributed by atoms with Gasteiger partial charge in [0.1, 0.15) is 0 Å². The quantitative estimate of drug-likeness (QED) is 0.655. The molecule has 1 rings (SSSR count). The van der Waals surface area contributed by atoms with Gasteiger partial charge in [0.15, 0.2) is 0 Å². The van der Waals surface area contributed by atoms with E-state index in [9.17, 15) is 4.79 Å². The molecule has 0 atom stereocenters. The summed E-state index contributed by atoms with van der Waals surface area (Å²) in [5.41, 5.74) is 1.42. The van der Waals surface area contributed by atoms with Gasteiger partial charge in [-0.25, -0.2) is 0 Å². The molecule has 1 aliphatic rings. The molecule has 0 aromatic carbocycles. The molecule has 0 aromatic rings. The first kappa shape index (κ1) is 14.2. The average molecular weight is 211 g/mol. The van der Waals surface area contributed by atoms with Gasteiger partial charge in [-0.2, -0.15) is 0 Å². The van der Waals surface area contributed by atoms with Gasteiger partial charge < -0.3 is 4.90 Å². The van der Waals surface area contributed by atoms with Crippen molar-refractivity contribution in [1.82, 2.24) is 4.90 Å². The molecular weight excluding hydrogens is 186 g/mol. The molecule has 1 aliphatic heterocycles. The zero-order valence-electron chi connectivity index (χ0n) is 10.7. The molecule has 1 heterocycles. The highest BCUT2D eigenvalue weighted by atomic mass is 16.2. The first-order valence-corrected chi connectivity index (χ1v) is 6.17. The van der Waals surface area contributed by atoms with E-state index in [1.807, 2.05) is 18.7 Å². The van der Waals surface area contributed by atoms with Crippen LogP contribution in [0.1, 0.15) is 53.4 Å². The van der Waals surface area contributed by atoms with Crippen LogP contribution in [-0.4, -0.2) is 23.9 Å². The van der Waals surface area contributed by atoms with Crippen LogP contribution in [0.3, 0.4) is 0 Å². The van der Waals surface area contributed by atoms with Crippen molar-refractivity contribution in [2.45, 2.75) is 53.4 Å². The fourth-order valence-electron chi connectivity index (χ4n) is 1.48. The Bertz CT molecular complexity index is 209. The summed E-state index contributed by atoms with van der Waals surface area (Å²) >= 11 is 0. The average Bonchev–Trinajstić information content (AvgIpc) is 2.29. The second-order valence-electron chi connectivity index (χ2n) is 3.74. The first-order chi connectivity index (χ1) is 7.24. The molecule has 0 aromatic heterocycles. The van der Waals surface area contributed by atoms with Crippen molar-refractivity contribution in [3.8, 4) is 0 Å². The number of rotatable bonds is 3. The number of hydrogen-bond donors (Lipinski definition) is 0. The van der Waals surface area contributed by atoms with Crippen LogP contribution in [0.15, 0.2) is 11.6 Å². The van der Waals surface area contributed by atoms with E-state index in [4.69, 9.17) is 0 Å². The SMILES string of the molecule is CC.CCCCC(=O)N1CC=C(C)CC1. The van der Waals surface area contributed by atoms with Crippen molar-refractivity contribution in [3.63, 3.8) is 0 Å². The van der Waals surface area contributed by atoms with Crippen LogP contribution >= 0.6 is 0 Å². The second kappa shape index (κ2) is 8.51. The minimum atomic E-state index is 0.325. The van der Waals surface area contributed by atoms with Crippen LogP contribution < -0.4 is 0 Å². The smallest absolute Gasteiger partial charge is 0.222 e. The van der Waals surface area contributed by atoms with Crippen LogP contribution in [0.5, 0.6) is 0 Å². The van der Waals surface area contributed by atoms with Crippen molar-refractivity contribution in [2.24, 2.45) is 0 Å². The highest BCUT2D eigenvalue weighted by Crippen LogP contribution is 2.11. The highest BCUT2D eigenvalue weighted by Gasteiger charge is 2.14. The van der Waals surface area contributed by atoms with Gasteiger partial charge >= 0.3 is 0 Å².